The maximum atomic E-state index is 12.5. The molecule has 32 heavy (non-hydrogen) atoms. The topological polar surface area (TPSA) is 111 Å². The van der Waals surface area contributed by atoms with Crippen LogP contribution >= 0.6 is 11.8 Å². The predicted molar refractivity (Wildman–Crippen MR) is 120 cm³/mol. The average molecular weight is 446 g/mol. The second-order valence-electron chi connectivity index (χ2n) is 6.99. The lowest BCUT2D eigenvalue weighted by atomic mass is 10.0. The van der Waals surface area contributed by atoms with Gasteiger partial charge in [-0.2, -0.15) is 4.68 Å². The molecule has 9 heteroatoms. The summed E-state index contributed by atoms with van der Waals surface area (Å²) in [4.78, 5) is 27.6. The first-order valence-corrected chi connectivity index (χ1v) is 10.8. The summed E-state index contributed by atoms with van der Waals surface area (Å²) in [6.45, 7) is 0. The summed E-state index contributed by atoms with van der Waals surface area (Å²) in [6.07, 6.45) is 4.62. The molecule has 2 aromatic heterocycles. The molecule has 2 aromatic carbocycles. The number of rotatable bonds is 9. The van der Waals surface area contributed by atoms with Gasteiger partial charge in [0.2, 0.25) is 5.16 Å². The molecule has 2 heterocycles. The van der Waals surface area contributed by atoms with E-state index in [1.54, 1.807) is 18.3 Å². The van der Waals surface area contributed by atoms with Crippen LogP contribution in [0.15, 0.2) is 78.2 Å². The van der Waals surface area contributed by atoms with Crippen molar-refractivity contribution in [1.82, 2.24) is 25.2 Å². The third-order valence-corrected chi connectivity index (χ3v) is 5.76. The van der Waals surface area contributed by atoms with Crippen molar-refractivity contribution in [3.63, 3.8) is 0 Å². The Hall–Kier alpha value is -3.85. The number of hydrogen-bond donors (Lipinski definition) is 1. The smallest absolute Gasteiger partial charge is 0.335 e. The Morgan fingerprint density at radius 2 is 1.81 bits per heavy atom. The number of Topliss-reactive ketones (excluding diaryl/α,β-unsaturated/α-hetero) is 1. The Bertz CT molecular complexity index is 1230. The maximum Gasteiger partial charge on any atom is 0.335 e. The summed E-state index contributed by atoms with van der Waals surface area (Å²) in [5.74, 6) is -0.660. The van der Waals surface area contributed by atoms with Crippen LogP contribution in [0.25, 0.3) is 16.8 Å². The molecule has 4 rings (SSSR count). The zero-order chi connectivity index (χ0) is 22.3. The number of ketones is 1. The van der Waals surface area contributed by atoms with Gasteiger partial charge in [0, 0.05) is 18.8 Å². The van der Waals surface area contributed by atoms with Crippen molar-refractivity contribution in [2.24, 2.45) is 0 Å². The van der Waals surface area contributed by atoms with Gasteiger partial charge in [0.15, 0.2) is 0 Å². The minimum Gasteiger partial charge on any atom is -0.478 e. The Labute approximate surface area is 188 Å². The van der Waals surface area contributed by atoms with Gasteiger partial charge >= 0.3 is 5.97 Å². The van der Waals surface area contributed by atoms with Gasteiger partial charge in [0.1, 0.15) is 5.78 Å². The summed E-state index contributed by atoms with van der Waals surface area (Å²) in [7, 11) is 0. The van der Waals surface area contributed by atoms with E-state index in [4.69, 9.17) is 5.11 Å². The van der Waals surface area contributed by atoms with Crippen LogP contribution in [0.2, 0.25) is 0 Å². The van der Waals surface area contributed by atoms with Crippen molar-refractivity contribution < 1.29 is 14.7 Å². The number of aromatic nitrogens is 5. The van der Waals surface area contributed by atoms with Crippen LogP contribution in [0.1, 0.15) is 22.3 Å². The number of carboxylic acids is 1. The first-order valence-electron chi connectivity index (χ1n) is 9.86. The van der Waals surface area contributed by atoms with E-state index in [2.05, 4.69) is 26.6 Å². The number of carbonyl (C=O) groups is 2. The van der Waals surface area contributed by atoms with Crippen LogP contribution in [-0.4, -0.2) is 47.8 Å². The van der Waals surface area contributed by atoms with Gasteiger partial charge in [-0.3, -0.25) is 9.78 Å². The van der Waals surface area contributed by atoms with Gasteiger partial charge in [-0.1, -0.05) is 42.1 Å². The van der Waals surface area contributed by atoms with E-state index in [9.17, 15) is 9.59 Å². The molecule has 0 saturated carbocycles. The first-order chi connectivity index (χ1) is 15.6. The highest BCUT2D eigenvalue weighted by atomic mass is 32.2. The predicted octanol–water partition coefficient (Wildman–Crippen LogP) is 3.72. The molecule has 0 amide bonds. The number of aryl methyl sites for hydroxylation is 1. The minimum absolute atomic E-state index is 0.0950. The zero-order valence-electron chi connectivity index (χ0n) is 17.0. The van der Waals surface area contributed by atoms with E-state index in [-0.39, 0.29) is 17.1 Å². The van der Waals surface area contributed by atoms with E-state index in [0.29, 0.717) is 23.7 Å². The highest BCUT2D eigenvalue weighted by molar-refractivity contribution is 7.99. The molecule has 4 aromatic rings. The summed E-state index contributed by atoms with van der Waals surface area (Å²) in [5.41, 5.74) is 4.01. The number of carboxylic acid groups (broad SMARTS) is 1. The molecule has 0 radical (unpaired) electrons. The number of aromatic carboxylic acids is 1. The molecular formula is C23H19N5O3S. The highest BCUT2D eigenvalue weighted by Gasteiger charge is 2.13. The Morgan fingerprint density at radius 1 is 1.00 bits per heavy atom. The molecule has 0 aliphatic heterocycles. The molecule has 0 bridgehead atoms. The Kier molecular flexibility index (Phi) is 6.66. The molecule has 0 aliphatic carbocycles. The van der Waals surface area contributed by atoms with Crippen LogP contribution in [0.5, 0.6) is 0 Å². The van der Waals surface area contributed by atoms with E-state index in [0.717, 1.165) is 16.7 Å². The van der Waals surface area contributed by atoms with E-state index in [1.807, 2.05) is 36.5 Å². The van der Waals surface area contributed by atoms with Crippen molar-refractivity contribution >= 4 is 23.5 Å². The third-order valence-electron chi connectivity index (χ3n) is 4.78. The quantitative estimate of drug-likeness (QED) is 0.388. The summed E-state index contributed by atoms with van der Waals surface area (Å²) < 4.78 is 1.49. The van der Waals surface area contributed by atoms with Crippen LogP contribution in [0, 0.1) is 0 Å². The molecule has 0 fully saturated rings. The Morgan fingerprint density at radius 3 is 2.56 bits per heavy atom. The van der Waals surface area contributed by atoms with Gasteiger partial charge in [-0.05, 0) is 63.9 Å². The number of carbonyl (C=O) groups excluding carboxylic acids is 1. The second kappa shape index (κ2) is 9.97. The maximum absolute atomic E-state index is 12.5. The van der Waals surface area contributed by atoms with E-state index < -0.39 is 5.97 Å². The number of benzene rings is 2. The summed E-state index contributed by atoms with van der Waals surface area (Å²) in [5, 5.41) is 21.1. The standard InChI is InChI=1S/C23H19N5O3S/c29-21(11-6-16-3-1-4-18(13-16)19-5-2-12-24-14-19)15-32-23-25-26-27-28(23)20-9-7-17(8-10-20)22(30)31/h1-5,7-10,12-14H,6,11,15H2,(H,30,31). The molecule has 8 nitrogen and oxygen atoms in total. The van der Waals surface area contributed by atoms with Gasteiger partial charge in [-0.15, -0.1) is 5.10 Å². The molecule has 0 spiro atoms. The average Bonchev–Trinajstić information content (AvgIpc) is 3.31. The molecule has 0 saturated heterocycles. The largest absolute Gasteiger partial charge is 0.478 e. The molecule has 1 N–H and O–H groups in total. The SMILES string of the molecule is O=C(CCc1cccc(-c2cccnc2)c1)CSc1nnnn1-c1ccc(C(=O)O)cc1. The van der Waals surface area contributed by atoms with Crippen LogP contribution in [0.3, 0.4) is 0 Å². The van der Waals surface area contributed by atoms with Crippen molar-refractivity contribution in [3.8, 4) is 16.8 Å². The zero-order valence-corrected chi connectivity index (χ0v) is 17.8. The summed E-state index contributed by atoms with van der Waals surface area (Å²) in [6, 6.07) is 18.2. The molecule has 0 aliphatic rings. The number of thioether (sulfide) groups is 1. The number of nitrogens with zero attached hydrogens (tertiary/aromatic N) is 5. The van der Waals surface area contributed by atoms with Gasteiger partial charge in [0.25, 0.3) is 0 Å². The van der Waals surface area contributed by atoms with Crippen LogP contribution < -0.4 is 0 Å². The fourth-order valence-electron chi connectivity index (χ4n) is 3.12. The number of hydrogen-bond acceptors (Lipinski definition) is 7. The molecule has 160 valence electrons. The molecule has 0 atom stereocenters. The lowest BCUT2D eigenvalue weighted by Gasteiger charge is -2.06. The van der Waals surface area contributed by atoms with Crippen molar-refractivity contribution in [1.29, 1.82) is 0 Å². The van der Waals surface area contributed by atoms with E-state index in [1.165, 1.54) is 28.6 Å². The lowest BCUT2D eigenvalue weighted by molar-refractivity contribution is -0.116. The van der Waals surface area contributed by atoms with E-state index >= 15 is 0 Å². The van der Waals surface area contributed by atoms with Gasteiger partial charge < -0.3 is 5.11 Å². The first kappa shape index (κ1) is 21.4. The fraction of sp³-hybridized carbons (Fsp3) is 0.130. The van der Waals surface area contributed by atoms with Crippen molar-refractivity contribution in [2.75, 3.05) is 5.75 Å². The van der Waals surface area contributed by atoms with Gasteiger partial charge in [0.05, 0.1) is 17.0 Å². The van der Waals surface area contributed by atoms with Crippen LogP contribution in [-0.2, 0) is 11.2 Å². The third kappa shape index (κ3) is 5.25. The van der Waals surface area contributed by atoms with Crippen LogP contribution in [0.4, 0.5) is 0 Å². The second-order valence-corrected chi connectivity index (χ2v) is 7.94. The normalized spacial score (nSPS) is 10.8. The Balaban J connectivity index is 1.34. The number of tetrazole rings is 1. The lowest BCUT2D eigenvalue weighted by Crippen LogP contribution is -2.06. The van der Waals surface area contributed by atoms with Gasteiger partial charge in [-0.25, -0.2) is 4.79 Å². The fourth-order valence-corrected chi connectivity index (χ4v) is 3.91. The minimum atomic E-state index is -1.00. The van der Waals surface area contributed by atoms with Crippen molar-refractivity contribution in [2.45, 2.75) is 18.0 Å². The molecule has 0 unspecified atom stereocenters. The number of pyridine rings is 1. The molecular weight excluding hydrogens is 426 g/mol. The van der Waals surface area contributed by atoms with Crippen molar-refractivity contribution in [3.05, 3.63) is 84.2 Å². The monoisotopic (exact) mass is 445 g/mol. The summed E-state index contributed by atoms with van der Waals surface area (Å²) >= 11 is 1.26. The highest BCUT2D eigenvalue weighted by Crippen LogP contribution is 2.21.